The Balaban J connectivity index is 2.06. The van der Waals surface area contributed by atoms with Crippen LogP contribution in [0.1, 0.15) is 41.4 Å². The van der Waals surface area contributed by atoms with E-state index in [1.54, 1.807) is 6.07 Å². The van der Waals surface area contributed by atoms with Crippen LogP contribution in [0.4, 0.5) is 5.82 Å². The van der Waals surface area contributed by atoms with E-state index in [1.807, 2.05) is 0 Å². The molecule has 1 aromatic heterocycles. The van der Waals surface area contributed by atoms with E-state index in [1.165, 1.54) is 0 Å². The van der Waals surface area contributed by atoms with Gasteiger partial charge in [-0.3, -0.25) is 0 Å². The highest BCUT2D eigenvalue weighted by molar-refractivity contribution is 5.90. The highest BCUT2D eigenvalue weighted by Crippen LogP contribution is 2.28. The lowest BCUT2D eigenvalue weighted by atomic mass is 10.0. The van der Waals surface area contributed by atoms with Gasteiger partial charge in [0.25, 0.3) is 0 Å². The number of nitrogens with zero attached hydrogens (tertiary/aromatic N) is 2. The van der Waals surface area contributed by atoms with Gasteiger partial charge in [0.15, 0.2) is 0 Å². The van der Waals surface area contributed by atoms with Crippen LogP contribution in [-0.2, 0) is 17.6 Å². The van der Waals surface area contributed by atoms with Crippen LogP contribution in [0.3, 0.4) is 0 Å². The SMILES string of the molecule is C[C@@H]1CCCN1c1cc(C(=O)O)c2c(n1)CCOCC2. The number of anilines is 1. The molecule has 3 heterocycles. The van der Waals surface area contributed by atoms with Gasteiger partial charge in [0, 0.05) is 24.7 Å². The molecule has 0 unspecified atom stereocenters. The fourth-order valence-electron chi connectivity index (χ4n) is 3.15. The summed E-state index contributed by atoms with van der Waals surface area (Å²) in [4.78, 5) is 18.5. The van der Waals surface area contributed by atoms with Crippen LogP contribution in [0, 0.1) is 0 Å². The summed E-state index contributed by atoms with van der Waals surface area (Å²) in [6.07, 6.45) is 3.63. The van der Waals surface area contributed by atoms with Crippen molar-refractivity contribution in [1.29, 1.82) is 0 Å². The topological polar surface area (TPSA) is 62.7 Å². The van der Waals surface area contributed by atoms with Gasteiger partial charge in [-0.1, -0.05) is 0 Å². The second-order valence-electron chi connectivity index (χ2n) is 5.56. The van der Waals surface area contributed by atoms with Gasteiger partial charge in [-0.15, -0.1) is 0 Å². The maximum absolute atomic E-state index is 11.5. The molecule has 1 saturated heterocycles. The first kappa shape index (κ1) is 13.4. The Morgan fingerprint density at radius 2 is 2.25 bits per heavy atom. The van der Waals surface area contributed by atoms with E-state index in [2.05, 4.69) is 11.8 Å². The number of hydrogen-bond acceptors (Lipinski definition) is 4. The van der Waals surface area contributed by atoms with Crippen LogP contribution >= 0.6 is 0 Å². The van der Waals surface area contributed by atoms with Gasteiger partial charge in [-0.25, -0.2) is 9.78 Å². The molecule has 0 spiro atoms. The minimum Gasteiger partial charge on any atom is -0.478 e. The maximum atomic E-state index is 11.5. The minimum absolute atomic E-state index is 0.398. The quantitative estimate of drug-likeness (QED) is 0.893. The Morgan fingerprint density at radius 1 is 1.45 bits per heavy atom. The zero-order valence-electron chi connectivity index (χ0n) is 11.8. The Morgan fingerprint density at radius 3 is 2.95 bits per heavy atom. The first-order chi connectivity index (χ1) is 9.66. The van der Waals surface area contributed by atoms with Crippen molar-refractivity contribution < 1.29 is 14.6 Å². The van der Waals surface area contributed by atoms with Crippen molar-refractivity contribution in [2.24, 2.45) is 0 Å². The Hall–Kier alpha value is -1.62. The number of aromatic carboxylic acids is 1. The fraction of sp³-hybridized carbons (Fsp3) is 0.600. The molecule has 5 nitrogen and oxygen atoms in total. The first-order valence-corrected chi connectivity index (χ1v) is 7.27. The molecule has 1 atom stereocenters. The summed E-state index contributed by atoms with van der Waals surface area (Å²) < 4.78 is 5.45. The molecule has 0 saturated carbocycles. The predicted octanol–water partition coefficient (Wildman–Crippen LogP) is 1.88. The first-order valence-electron chi connectivity index (χ1n) is 7.27. The highest BCUT2D eigenvalue weighted by atomic mass is 16.5. The van der Waals surface area contributed by atoms with Gasteiger partial charge in [-0.05, 0) is 37.8 Å². The summed E-state index contributed by atoms with van der Waals surface area (Å²) in [5.74, 6) is -0.0494. The molecule has 20 heavy (non-hydrogen) atoms. The molecule has 0 aliphatic carbocycles. The molecule has 2 aliphatic heterocycles. The van der Waals surface area contributed by atoms with Gasteiger partial charge in [0.05, 0.1) is 18.8 Å². The van der Waals surface area contributed by atoms with E-state index in [0.29, 0.717) is 37.7 Å². The summed E-state index contributed by atoms with van der Waals surface area (Å²) in [5.41, 5.74) is 2.15. The Labute approximate surface area is 118 Å². The summed E-state index contributed by atoms with van der Waals surface area (Å²) in [6.45, 7) is 4.33. The van der Waals surface area contributed by atoms with Crippen LogP contribution in [0.5, 0.6) is 0 Å². The summed E-state index contributed by atoms with van der Waals surface area (Å²) in [7, 11) is 0. The number of ether oxygens (including phenoxy) is 1. The Kier molecular flexibility index (Phi) is 3.61. The summed E-state index contributed by atoms with van der Waals surface area (Å²) in [5, 5.41) is 9.48. The molecule has 108 valence electrons. The lowest BCUT2D eigenvalue weighted by molar-refractivity contribution is 0.0695. The number of carboxylic acids is 1. The fourth-order valence-corrected chi connectivity index (χ4v) is 3.15. The van der Waals surface area contributed by atoms with Crippen LogP contribution < -0.4 is 4.90 Å². The van der Waals surface area contributed by atoms with Gasteiger partial charge in [-0.2, -0.15) is 0 Å². The van der Waals surface area contributed by atoms with Gasteiger partial charge < -0.3 is 14.7 Å². The maximum Gasteiger partial charge on any atom is 0.336 e. The largest absolute Gasteiger partial charge is 0.478 e. The molecule has 2 aliphatic rings. The molecule has 1 fully saturated rings. The second kappa shape index (κ2) is 5.40. The smallest absolute Gasteiger partial charge is 0.336 e. The second-order valence-corrected chi connectivity index (χ2v) is 5.56. The van der Waals surface area contributed by atoms with Crippen molar-refractivity contribution in [3.8, 4) is 0 Å². The number of carbonyl (C=O) groups is 1. The zero-order valence-corrected chi connectivity index (χ0v) is 11.8. The van der Waals surface area contributed by atoms with Crippen molar-refractivity contribution in [3.63, 3.8) is 0 Å². The molecule has 3 rings (SSSR count). The Bertz CT molecular complexity index is 530. The van der Waals surface area contributed by atoms with E-state index in [9.17, 15) is 9.90 Å². The number of hydrogen-bond donors (Lipinski definition) is 1. The van der Waals surface area contributed by atoms with Crippen molar-refractivity contribution in [2.45, 2.75) is 38.6 Å². The van der Waals surface area contributed by atoms with Crippen LogP contribution in [-0.4, -0.2) is 41.9 Å². The standard InChI is InChI=1S/C15H20N2O3/c1-10-3-2-6-17(10)14-9-12(15(18)19)11-4-7-20-8-5-13(11)16-14/h9-10H,2-8H2,1H3,(H,18,19)/t10-/m1/s1. The third-order valence-electron chi connectivity index (χ3n) is 4.25. The number of fused-ring (bicyclic) bond motifs is 1. The van der Waals surface area contributed by atoms with Crippen LogP contribution in [0.25, 0.3) is 0 Å². The van der Waals surface area contributed by atoms with Gasteiger partial charge >= 0.3 is 5.97 Å². The normalized spacial score (nSPS) is 22.4. The third-order valence-corrected chi connectivity index (χ3v) is 4.25. The zero-order chi connectivity index (χ0) is 14.1. The number of pyridine rings is 1. The molecule has 0 aromatic carbocycles. The lowest BCUT2D eigenvalue weighted by Gasteiger charge is -2.24. The average molecular weight is 276 g/mol. The predicted molar refractivity (Wildman–Crippen MR) is 75.5 cm³/mol. The molecule has 0 bridgehead atoms. The van der Waals surface area contributed by atoms with Gasteiger partial charge in [0.1, 0.15) is 5.82 Å². The monoisotopic (exact) mass is 276 g/mol. The molecular weight excluding hydrogens is 256 g/mol. The number of carboxylic acid groups (broad SMARTS) is 1. The van der Waals surface area contributed by atoms with Crippen LogP contribution in [0.15, 0.2) is 6.07 Å². The lowest BCUT2D eigenvalue weighted by Crippen LogP contribution is -2.28. The molecule has 5 heteroatoms. The molecule has 0 radical (unpaired) electrons. The van der Waals surface area contributed by atoms with E-state index in [0.717, 1.165) is 36.5 Å². The highest BCUT2D eigenvalue weighted by Gasteiger charge is 2.26. The van der Waals surface area contributed by atoms with E-state index >= 15 is 0 Å². The third kappa shape index (κ3) is 2.38. The van der Waals surface area contributed by atoms with E-state index < -0.39 is 5.97 Å². The average Bonchev–Trinajstić information content (AvgIpc) is 2.72. The summed E-state index contributed by atoms with van der Waals surface area (Å²) >= 11 is 0. The van der Waals surface area contributed by atoms with Crippen molar-refractivity contribution in [1.82, 2.24) is 4.98 Å². The molecule has 1 aromatic rings. The van der Waals surface area contributed by atoms with Crippen molar-refractivity contribution in [3.05, 3.63) is 22.9 Å². The van der Waals surface area contributed by atoms with Crippen molar-refractivity contribution in [2.75, 3.05) is 24.7 Å². The van der Waals surface area contributed by atoms with Gasteiger partial charge in [0.2, 0.25) is 0 Å². The number of rotatable bonds is 2. The van der Waals surface area contributed by atoms with Crippen LogP contribution in [0.2, 0.25) is 0 Å². The van der Waals surface area contributed by atoms with E-state index in [4.69, 9.17) is 9.72 Å². The number of aromatic nitrogens is 1. The van der Waals surface area contributed by atoms with Crippen molar-refractivity contribution >= 4 is 11.8 Å². The minimum atomic E-state index is -0.862. The molecule has 0 amide bonds. The van der Waals surface area contributed by atoms with E-state index in [-0.39, 0.29) is 0 Å². The summed E-state index contributed by atoms with van der Waals surface area (Å²) in [6, 6.07) is 2.18. The molecule has 1 N–H and O–H groups in total. The molecular formula is C15H20N2O3.